The summed E-state index contributed by atoms with van der Waals surface area (Å²) in [5.74, 6) is 4.04. The topological polar surface area (TPSA) is 138 Å². The number of aromatic amines is 2. The van der Waals surface area contributed by atoms with E-state index in [9.17, 15) is 9.59 Å². The molecule has 60 heavy (non-hydrogen) atoms. The first-order valence-electron chi connectivity index (χ1n) is 22.1. The van der Waals surface area contributed by atoms with E-state index in [0.717, 1.165) is 74.0 Å². The molecule has 8 bridgehead atoms. The molecule has 3 aromatic carbocycles. The molecule has 5 aromatic rings. The molecular formula is C48H54N8O2S2. The SMILES string of the molecule is Cc1ccc(C(c2c[nH]c3ccc(C(=O)NNC(=S)NC45CC6CC(CC(C6)C4)C5)cc23)c2c[nH]c3ccc(C(=O)NNC(=S)NC45CC6CC(CC(C6)C4)C5)cc23)cc1. The molecular weight excluding hydrogens is 785 g/mol. The van der Waals surface area contributed by atoms with Crippen LogP contribution < -0.4 is 32.3 Å². The maximum absolute atomic E-state index is 13.7. The molecule has 2 aromatic heterocycles. The molecule has 8 aliphatic rings. The lowest BCUT2D eigenvalue weighted by Gasteiger charge is -2.57. The molecule has 0 spiro atoms. The Morgan fingerprint density at radius 2 is 0.950 bits per heavy atom. The van der Waals surface area contributed by atoms with Crippen molar-refractivity contribution >= 4 is 68.3 Å². The second-order valence-electron chi connectivity index (χ2n) is 19.8. The van der Waals surface area contributed by atoms with Crippen LogP contribution in [0.25, 0.3) is 21.8 Å². The van der Waals surface area contributed by atoms with Crippen molar-refractivity contribution in [3.63, 3.8) is 0 Å². The second-order valence-corrected chi connectivity index (χ2v) is 20.6. The molecule has 8 N–H and O–H groups in total. The number of fused-ring (bicyclic) bond motifs is 2. The molecule has 8 fully saturated rings. The lowest BCUT2D eigenvalue weighted by molar-refractivity contribution is -0.0104. The summed E-state index contributed by atoms with van der Waals surface area (Å²) in [5.41, 5.74) is 19.1. The minimum Gasteiger partial charge on any atom is -0.361 e. The van der Waals surface area contributed by atoms with E-state index >= 15 is 0 Å². The Bertz CT molecular complexity index is 2320. The molecule has 2 amide bonds. The fraction of sp³-hybridized carbons (Fsp3) is 0.458. The molecule has 2 heterocycles. The highest BCUT2D eigenvalue weighted by Crippen LogP contribution is 2.56. The minimum atomic E-state index is -0.255. The predicted octanol–water partition coefficient (Wildman–Crippen LogP) is 8.29. The molecule has 8 aliphatic carbocycles. The standard InChI is InChI=1S/C48H54N8O2S2/c1-26-2-4-33(5-3-26)42(38-24-49-40-8-6-34(16-36(38)40)43(57)53-55-45(59)51-47-18-27-10-28(19-47)12-29(11-27)20-47)39-25-50-41-9-7-35(17-37(39)41)44(58)54-56-46(60)52-48-21-30-13-31(22-48)15-32(14-30)23-48/h2-9,16-17,24-25,27-32,42,49-50H,10-15,18-23H2,1H3,(H,53,57)(H,54,58)(H2,51,55,59)(H2,52,56,60). The maximum atomic E-state index is 13.7. The summed E-state index contributed by atoms with van der Waals surface area (Å²) in [5, 5.41) is 10.1. The van der Waals surface area contributed by atoms with Crippen molar-refractivity contribution in [1.29, 1.82) is 0 Å². The van der Waals surface area contributed by atoms with Gasteiger partial charge >= 0.3 is 0 Å². The quantitative estimate of drug-likeness (QED) is 0.0606. The van der Waals surface area contributed by atoms with Crippen molar-refractivity contribution in [2.45, 2.75) is 101 Å². The van der Waals surface area contributed by atoms with E-state index in [1.54, 1.807) is 0 Å². The van der Waals surface area contributed by atoms with Gasteiger partial charge in [0.1, 0.15) is 0 Å². The van der Waals surface area contributed by atoms with Gasteiger partial charge in [-0.1, -0.05) is 29.8 Å². The van der Waals surface area contributed by atoms with Crippen molar-refractivity contribution in [3.8, 4) is 0 Å². The fourth-order valence-electron chi connectivity index (χ4n) is 13.8. The zero-order valence-corrected chi connectivity index (χ0v) is 35.7. The first-order chi connectivity index (χ1) is 29.0. The van der Waals surface area contributed by atoms with Gasteiger partial charge in [-0.25, -0.2) is 0 Å². The van der Waals surface area contributed by atoms with Crippen LogP contribution in [0.3, 0.4) is 0 Å². The highest BCUT2D eigenvalue weighted by molar-refractivity contribution is 7.80. The number of amides is 2. The van der Waals surface area contributed by atoms with Gasteiger partial charge in [0.25, 0.3) is 11.8 Å². The number of thiocarbonyl (C=S) groups is 2. The average Bonchev–Trinajstić information content (AvgIpc) is 3.82. The smallest absolute Gasteiger partial charge is 0.269 e. The number of benzene rings is 3. The van der Waals surface area contributed by atoms with E-state index in [-0.39, 0.29) is 28.8 Å². The van der Waals surface area contributed by atoms with E-state index in [2.05, 4.69) is 73.5 Å². The predicted molar refractivity (Wildman–Crippen MR) is 243 cm³/mol. The normalized spacial score (nSPS) is 29.9. The third-order valence-electron chi connectivity index (χ3n) is 15.4. The molecule has 0 unspecified atom stereocenters. The number of rotatable bonds is 7. The van der Waals surface area contributed by atoms with Crippen LogP contribution in [0.2, 0.25) is 0 Å². The maximum Gasteiger partial charge on any atom is 0.269 e. The summed E-state index contributed by atoms with van der Waals surface area (Å²) in [6.45, 7) is 2.09. The Morgan fingerprint density at radius 1 is 0.567 bits per heavy atom. The number of H-pyrrole nitrogens is 2. The van der Waals surface area contributed by atoms with Gasteiger partial charge in [-0.05, 0) is 197 Å². The second kappa shape index (κ2) is 14.6. The number of hydrogen-bond acceptors (Lipinski definition) is 4. The molecule has 0 atom stereocenters. The van der Waals surface area contributed by atoms with Crippen molar-refractivity contribution in [3.05, 3.63) is 106 Å². The number of carbonyl (C=O) groups is 2. The van der Waals surface area contributed by atoms with Gasteiger partial charge in [-0.3, -0.25) is 31.3 Å². The lowest BCUT2D eigenvalue weighted by atomic mass is 9.53. The number of carbonyl (C=O) groups excluding carboxylic acids is 2. The number of nitrogens with one attached hydrogen (secondary N) is 8. The number of hydrazine groups is 2. The van der Waals surface area contributed by atoms with E-state index in [1.807, 2.05) is 48.8 Å². The first kappa shape index (κ1) is 38.0. The summed E-state index contributed by atoms with van der Waals surface area (Å²) < 4.78 is 0. The summed E-state index contributed by atoms with van der Waals surface area (Å²) in [7, 11) is 0. The van der Waals surface area contributed by atoms with E-state index in [4.69, 9.17) is 24.4 Å². The molecule has 310 valence electrons. The van der Waals surface area contributed by atoms with Crippen LogP contribution in [-0.4, -0.2) is 43.1 Å². The van der Waals surface area contributed by atoms with Gasteiger partial charge in [-0.2, -0.15) is 0 Å². The Balaban J connectivity index is 0.823. The van der Waals surface area contributed by atoms with Crippen molar-refractivity contribution in [2.24, 2.45) is 35.5 Å². The first-order valence-corrected chi connectivity index (χ1v) is 22.9. The fourth-order valence-corrected chi connectivity index (χ4v) is 14.3. The molecule has 0 aliphatic heterocycles. The van der Waals surface area contributed by atoms with Crippen LogP contribution in [0.4, 0.5) is 0 Å². The molecule has 0 radical (unpaired) electrons. The van der Waals surface area contributed by atoms with Crippen LogP contribution in [0.1, 0.15) is 126 Å². The minimum absolute atomic E-state index is 0.0513. The third-order valence-corrected chi connectivity index (χ3v) is 15.8. The van der Waals surface area contributed by atoms with Gasteiger partial charge in [0.15, 0.2) is 10.2 Å². The monoisotopic (exact) mass is 838 g/mol. The van der Waals surface area contributed by atoms with Crippen LogP contribution in [-0.2, 0) is 0 Å². The van der Waals surface area contributed by atoms with Crippen LogP contribution in [0, 0.1) is 42.4 Å². The Morgan fingerprint density at radius 3 is 1.33 bits per heavy atom. The van der Waals surface area contributed by atoms with Crippen molar-refractivity contribution < 1.29 is 9.59 Å². The van der Waals surface area contributed by atoms with Gasteiger partial charge < -0.3 is 20.6 Å². The van der Waals surface area contributed by atoms with Crippen molar-refractivity contribution in [1.82, 2.24) is 42.3 Å². The van der Waals surface area contributed by atoms with Crippen LogP contribution in [0.15, 0.2) is 73.1 Å². The number of aryl methyl sites for hydroxylation is 1. The van der Waals surface area contributed by atoms with E-state index < -0.39 is 0 Å². The zero-order valence-electron chi connectivity index (χ0n) is 34.1. The Labute approximate surface area is 361 Å². The lowest BCUT2D eigenvalue weighted by Crippen LogP contribution is -2.62. The average molecular weight is 839 g/mol. The summed E-state index contributed by atoms with van der Waals surface area (Å²) >= 11 is 11.5. The molecule has 0 saturated heterocycles. The van der Waals surface area contributed by atoms with Gasteiger partial charge in [0.2, 0.25) is 0 Å². The molecule has 10 nitrogen and oxygen atoms in total. The van der Waals surface area contributed by atoms with E-state index in [0.29, 0.717) is 21.4 Å². The van der Waals surface area contributed by atoms with Gasteiger partial charge in [0, 0.05) is 62.3 Å². The van der Waals surface area contributed by atoms with Gasteiger partial charge in [0.05, 0.1) is 0 Å². The molecule has 12 heteroatoms. The number of aromatic nitrogens is 2. The summed E-state index contributed by atoms with van der Waals surface area (Å²) in [4.78, 5) is 34.3. The number of hydrogen-bond donors (Lipinski definition) is 8. The highest BCUT2D eigenvalue weighted by Gasteiger charge is 2.52. The largest absolute Gasteiger partial charge is 0.361 e. The summed E-state index contributed by atoms with van der Waals surface area (Å²) in [6.07, 6.45) is 19.2. The van der Waals surface area contributed by atoms with Crippen LogP contribution in [0.5, 0.6) is 0 Å². The zero-order chi connectivity index (χ0) is 40.8. The van der Waals surface area contributed by atoms with Gasteiger partial charge in [-0.15, -0.1) is 0 Å². The van der Waals surface area contributed by atoms with E-state index in [1.165, 1.54) is 82.6 Å². The summed E-state index contributed by atoms with van der Waals surface area (Å²) in [6, 6.07) is 20.1. The molecule has 13 rings (SSSR count). The Hall–Kier alpha value is -4.94. The van der Waals surface area contributed by atoms with Crippen LogP contribution >= 0.6 is 24.4 Å². The van der Waals surface area contributed by atoms with Crippen molar-refractivity contribution in [2.75, 3.05) is 0 Å². The highest BCUT2D eigenvalue weighted by atomic mass is 32.1. The molecule has 8 saturated carbocycles. The Kier molecular flexibility index (Phi) is 9.26. The third kappa shape index (κ3) is 7.03.